The summed E-state index contributed by atoms with van der Waals surface area (Å²) in [5.41, 5.74) is 7.40. The second kappa shape index (κ2) is 4.18. The van der Waals surface area contributed by atoms with Crippen LogP contribution in [0.5, 0.6) is 0 Å². The molecule has 0 radical (unpaired) electrons. The molecule has 82 valence electrons. The summed E-state index contributed by atoms with van der Waals surface area (Å²) in [4.78, 5) is 18.0. The molecule has 0 amide bonds. The van der Waals surface area contributed by atoms with Crippen molar-refractivity contribution in [2.24, 2.45) is 0 Å². The van der Waals surface area contributed by atoms with Crippen LogP contribution in [0.15, 0.2) is 35.1 Å². The number of hydrogen-bond donors (Lipinski definition) is 2. The van der Waals surface area contributed by atoms with E-state index in [9.17, 15) is 4.79 Å². The summed E-state index contributed by atoms with van der Waals surface area (Å²) < 4.78 is 0. The second-order valence-corrected chi connectivity index (χ2v) is 3.57. The minimum absolute atomic E-state index is 0.234. The summed E-state index contributed by atoms with van der Waals surface area (Å²) in [5, 5.41) is 0. The number of nitrogen functional groups attached to an aromatic ring is 1. The number of benzene rings is 1. The molecule has 2 aromatic rings. The Labute approximate surface area is 93.2 Å². The summed E-state index contributed by atoms with van der Waals surface area (Å²) >= 11 is 0. The fourth-order valence-corrected chi connectivity index (χ4v) is 1.51. The van der Waals surface area contributed by atoms with Gasteiger partial charge in [0.2, 0.25) is 0 Å². The van der Waals surface area contributed by atoms with E-state index in [1.807, 2.05) is 24.3 Å². The van der Waals surface area contributed by atoms with Crippen molar-refractivity contribution in [3.05, 3.63) is 46.2 Å². The molecule has 1 heterocycles. The van der Waals surface area contributed by atoms with Gasteiger partial charge in [-0.05, 0) is 12.0 Å². The maximum atomic E-state index is 11.2. The molecule has 2 rings (SSSR count). The highest BCUT2D eigenvalue weighted by Gasteiger charge is 2.01. The number of aryl methyl sites for hydroxylation is 1. The van der Waals surface area contributed by atoms with Gasteiger partial charge in [0.05, 0.1) is 0 Å². The largest absolute Gasteiger partial charge is 0.383 e. The summed E-state index contributed by atoms with van der Waals surface area (Å²) in [7, 11) is 0. The first kappa shape index (κ1) is 10.4. The van der Waals surface area contributed by atoms with Crippen molar-refractivity contribution in [3.8, 4) is 11.4 Å². The Hall–Kier alpha value is -2.10. The van der Waals surface area contributed by atoms with Gasteiger partial charge in [-0.25, -0.2) is 4.98 Å². The minimum atomic E-state index is -0.234. The SMILES string of the molecule is CCc1ccc(-c2nc(N)cc(=O)[nH]2)cc1. The Morgan fingerprint density at radius 2 is 2.00 bits per heavy atom. The number of nitrogens with one attached hydrogen (secondary N) is 1. The summed E-state index contributed by atoms with van der Waals surface area (Å²) in [5.74, 6) is 0.742. The van der Waals surface area contributed by atoms with Gasteiger partial charge in [0, 0.05) is 11.6 Å². The zero-order valence-corrected chi connectivity index (χ0v) is 9.03. The molecule has 3 N–H and O–H groups in total. The molecule has 4 nitrogen and oxygen atoms in total. The Morgan fingerprint density at radius 3 is 2.56 bits per heavy atom. The van der Waals surface area contributed by atoms with E-state index in [1.165, 1.54) is 11.6 Å². The van der Waals surface area contributed by atoms with Crippen molar-refractivity contribution in [2.75, 3.05) is 5.73 Å². The Morgan fingerprint density at radius 1 is 1.31 bits per heavy atom. The van der Waals surface area contributed by atoms with Gasteiger partial charge in [-0.15, -0.1) is 0 Å². The molecule has 0 saturated heterocycles. The zero-order chi connectivity index (χ0) is 11.5. The van der Waals surface area contributed by atoms with E-state index in [1.54, 1.807) is 0 Å². The molecular formula is C12H13N3O. The van der Waals surface area contributed by atoms with Gasteiger partial charge in [-0.2, -0.15) is 0 Å². The van der Waals surface area contributed by atoms with Crippen molar-refractivity contribution in [2.45, 2.75) is 13.3 Å². The lowest BCUT2D eigenvalue weighted by Crippen LogP contribution is -2.09. The maximum absolute atomic E-state index is 11.2. The zero-order valence-electron chi connectivity index (χ0n) is 9.03. The quantitative estimate of drug-likeness (QED) is 0.798. The molecule has 0 aliphatic carbocycles. The number of hydrogen-bond acceptors (Lipinski definition) is 3. The molecule has 0 spiro atoms. The van der Waals surface area contributed by atoms with Crippen molar-refractivity contribution >= 4 is 5.82 Å². The molecule has 0 saturated carbocycles. The molecule has 4 heteroatoms. The van der Waals surface area contributed by atoms with Crippen LogP contribution in [-0.4, -0.2) is 9.97 Å². The fourth-order valence-electron chi connectivity index (χ4n) is 1.51. The van der Waals surface area contributed by atoms with Crippen LogP contribution in [0.2, 0.25) is 0 Å². The third-order valence-corrected chi connectivity index (χ3v) is 2.40. The van der Waals surface area contributed by atoms with E-state index >= 15 is 0 Å². The molecule has 16 heavy (non-hydrogen) atoms. The maximum Gasteiger partial charge on any atom is 0.253 e. The number of nitrogens with zero attached hydrogens (tertiary/aromatic N) is 1. The van der Waals surface area contributed by atoms with Gasteiger partial charge in [0.1, 0.15) is 11.6 Å². The number of aromatic nitrogens is 2. The highest BCUT2D eigenvalue weighted by molar-refractivity contribution is 5.56. The number of rotatable bonds is 2. The minimum Gasteiger partial charge on any atom is -0.383 e. The molecular weight excluding hydrogens is 202 g/mol. The number of aromatic amines is 1. The van der Waals surface area contributed by atoms with Crippen LogP contribution in [-0.2, 0) is 6.42 Å². The molecule has 0 aliphatic heterocycles. The monoisotopic (exact) mass is 215 g/mol. The molecule has 0 bridgehead atoms. The van der Waals surface area contributed by atoms with Gasteiger partial charge in [-0.1, -0.05) is 31.2 Å². The van der Waals surface area contributed by atoms with E-state index in [4.69, 9.17) is 5.73 Å². The van der Waals surface area contributed by atoms with Crippen molar-refractivity contribution in [3.63, 3.8) is 0 Å². The van der Waals surface area contributed by atoms with Crippen LogP contribution in [0, 0.1) is 0 Å². The molecule has 1 aromatic carbocycles. The van der Waals surface area contributed by atoms with Crippen molar-refractivity contribution in [1.82, 2.24) is 9.97 Å². The smallest absolute Gasteiger partial charge is 0.253 e. The third-order valence-electron chi connectivity index (χ3n) is 2.40. The molecule has 0 fully saturated rings. The Kier molecular flexibility index (Phi) is 2.72. The lowest BCUT2D eigenvalue weighted by molar-refractivity contribution is 1.12. The third kappa shape index (κ3) is 2.11. The Bertz CT molecular complexity index is 543. The second-order valence-electron chi connectivity index (χ2n) is 3.57. The van der Waals surface area contributed by atoms with Crippen LogP contribution in [0.1, 0.15) is 12.5 Å². The van der Waals surface area contributed by atoms with Gasteiger partial charge >= 0.3 is 0 Å². The number of anilines is 1. The highest BCUT2D eigenvalue weighted by atomic mass is 16.1. The van der Waals surface area contributed by atoms with Crippen LogP contribution < -0.4 is 11.3 Å². The van der Waals surface area contributed by atoms with Gasteiger partial charge in [0.15, 0.2) is 0 Å². The summed E-state index contributed by atoms with van der Waals surface area (Å²) in [6.45, 7) is 2.09. The highest BCUT2D eigenvalue weighted by Crippen LogP contribution is 2.15. The van der Waals surface area contributed by atoms with Gasteiger partial charge in [-0.3, -0.25) is 4.79 Å². The van der Waals surface area contributed by atoms with E-state index in [0.29, 0.717) is 5.82 Å². The van der Waals surface area contributed by atoms with E-state index in [-0.39, 0.29) is 11.4 Å². The van der Waals surface area contributed by atoms with E-state index in [2.05, 4.69) is 16.9 Å². The lowest BCUT2D eigenvalue weighted by Gasteiger charge is -2.02. The molecule has 0 aliphatic rings. The topological polar surface area (TPSA) is 71.8 Å². The molecule has 1 aromatic heterocycles. The van der Waals surface area contributed by atoms with Gasteiger partial charge < -0.3 is 10.7 Å². The first-order valence-corrected chi connectivity index (χ1v) is 5.15. The molecule has 0 unspecified atom stereocenters. The number of nitrogens with two attached hydrogens (primary N) is 1. The van der Waals surface area contributed by atoms with E-state index < -0.39 is 0 Å². The average Bonchev–Trinajstić information content (AvgIpc) is 2.28. The normalized spacial score (nSPS) is 10.3. The first-order valence-electron chi connectivity index (χ1n) is 5.15. The predicted molar refractivity (Wildman–Crippen MR) is 64.1 cm³/mol. The van der Waals surface area contributed by atoms with Crippen molar-refractivity contribution < 1.29 is 0 Å². The van der Waals surface area contributed by atoms with Crippen LogP contribution in [0.3, 0.4) is 0 Å². The average molecular weight is 215 g/mol. The summed E-state index contributed by atoms with van der Waals surface area (Å²) in [6.07, 6.45) is 0.987. The predicted octanol–water partition coefficient (Wildman–Crippen LogP) is 1.58. The van der Waals surface area contributed by atoms with E-state index in [0.717, 1.165) is 12.0 Å². The molecule has 0 atom stereocenters. The van der Waals surface area contributed by atoms with Crippen LogP contribution in [0.25, 0.3) is 11.4 Å². The van der Waals surface area contributed by atoms with Gasteiger partial charge in [0.25, 0.3) is 5.56 Å². The van der Waals surface area contributed by atoms with Crippen LogP contribution in [0.4, 0.5) is 5.82 Å². The van der Waals surface area contributed by atoms with Crippen LogP contribution >= 0.6 is 0 Å². The lowest BCUT2D eigenvalue weighted by atomic mass is 10.1. The van der Waals surface area contributed by atoms with Crippen molar-refractivity contribution in [1.29, 1.82) is 0 Å². The fraction of sp³-hybridized carbons (Fsp3) is 0.167. The standard InChI is InChI=1S/C12H13N3O/c1-2-8-3-5-9(6-4-8)12-14-10(13)7-11(16)15-12/h3-7H,2H2,1H3,(H3,13,14,15,16). The Balaban J connectivity index is 2.46. The summed E-state index contributed by atoms with van der Waals surface area (Å²) in [6, 6.07) is 9.15. The number of H-pyrrole nitrogens is 1. The first-order chi connectivity index (χ1) is 7.69.